The highest BCUT2D eigenvalue weighted by molar-refractivity contribution is 5.80. The van der Waals surface area contributed by atoms with Crippen molar-refractivity contribution in [3.05, 3.63) is 0 Å². The van der Waals surface area contributed by atoms with Crippen LogP contribution in [0.1, 0.15) is 32.1 Å². The Morgan fingerprint density at radius 3 is 2.79 bits per heavy atom. The minimum atomic E-state index is -0.845. The maximum Gasteiger partial charge on any atom is 0.320 e. The highest BCUT2D eigenvalue weighted by Crippen LogP contribution is 2.39. The number of fused-ring (bicyclic) bond motifs is 1. The summed E-state index contributed by atoms with van der Waals surface area (Å²) in [6.07, 6.45) is 4.93. The molecule has 2 rings (SSSR count). The minimum absolute atomic E-state index is 0.0293. The third-order valence-electron chi connectivity index (χ3n) is 4.20. The van der Waals surface area contributed by atoms with Crippen LogP contribution in [0.15, 0.2) is 0 Å². The molecule has 6 nitrogen and oxygen atoms in total. The van der Waals surface area contributed by atoms with E-state index in [1.54, 1.807) is 0 Å². The van der Waals surface area contributed by atoms with Crippen LogP contribution in [0.3, 0.4) is 0 Å². The van der Waals surface area contributed by atoms with Crippen molar-refractivity contribution < 1.29 is 14.7 Å². The first-order chi connectivity index (χ1) is 9.13. The van der Waals surface area contributed by atoms with Gasteiger partial charge in [0.2, 0.25) is 5.91 Å². The molecule has 0 spiro atoms. The van der Waals surface area contributed by atoms with Crippen LogP contribution in [0.5, 0.6) is 0 Å². The second kappa shape index (κ2) is 6.02. The van der Waals surface area contributed by atoms with E-state index in [9.17, 15) is 14.7 Å². The van der Waals surface area contributed by atoms with Crippen LogP contribution in [0, 0.1) is 17.2 Å². The van der Waals surface area contributed by atoms with E-state index in [2.05, 4.69) is 5.32 Å². The first-order valence-corrected chi connectivity index (χ1v) is 6.75. The van der Waals surface area contributed by atoms with Crippen LogP contribution in [-0.2, 0) is 9.59 Å². The molecule has 1 saturated carbocycles. The third-order valence-corrected chi connectivity index (χ3v) is 4.20. The van der Waals surface area contributed by atoms with Gasteiger partial charge in [0.1, 0.15) is 12.6 Å². The van der Waals surface area contributed by atoms with Crippen LogP contribution in [0.2, 0.25) is 0 Å². The maximum absolute atomic E-state index is 11.7. The third kappa shape index (κ3) is 3.04. The molecule has 2 fully saturated rings. The Hall–Kier alpha value is -1.61. The number of aliphatic carboxylic acids is 1. The Kier molecular flexibility index (Phi) is 4.38. The molecule has 0 bridgehead atoms. The van der Waals surface area contributed by atoms with Crippen LogP contribution in [0.4, 0.5) is 0 Å². The summed E-state index contributed by atoms with van der Waals surface area (Å²) in [4.78, 5) is 24.8. The Labute approximate surface area is 112 Å². The van der Waals surface area contributed by atoms with Gasteiger partial charge in [-0.15, -0.1) is 0 Å². The monoisotopic (exact) mass is 265 g/mol. The minimum Gasteiger partial charge on any atom is -0.480 e. The Bertz CT molecular complexity index is 404. The smallest absolute Gasteiger partial charge is 0.320 e. The predicted octanol–water partition coefficient (Wildman–Crippen LogP) is 0.344. The van der Waals surface area contributed by atoms with Crippen molar-refractivity contribution in [2.75, 3.05) is 13.1 Å². The molecule has 1 saturated heterocycles. The number of amides is 1. The second-order valence-electron chi connectivity index (χ2n) is 5.31. The topological polar surface area (TPSA) is 93.4 Å². The second-order valence-corrected chi connectivity index (χ2v) is 5.31. The number of hydrogen-bond acceptors (Lipinski definition) is 4. The van der Waals surface area contributed by atoms with Crippen LogP contribution >= 0.6 is 0 Å². The van der Waals surface area contributed by atoms with Gasteiger partial charge in [0, 0.05) is 6.04 Å². The summed E-state index contributed by atoms with van der Waals surface area (Å²) >= 11 is 0. The summed E-state index contributed by atoms with van der Waals surface area (Å²) in [6, 6.07) is 1.50. The SMILES string of the molecule is N#CCNC(=O)CN1C(C(=O)O)CC2CCCCC21. The number of carbonyl (C=O) groups is 2. The van der Waals surface area contributed by atoms with Crippen LogP contribution < -0.4 is 5.32 Å². The fourth-order valence-corrected chi connectivity index (χ4v) is 3.38. The molecule has 19 heavy (non-hydrogen) atoms. The van der Waals surface area contributed by atoms with Gasteiger partial charge in [-0.25, -0.2) is 0 Å². The normalized spacial score (nSPS) is 30.4. The molecule has 2 N–H and O–H groups in total. The fraction of sp³-hybridized carbons (Fsp3) is 0.769. The summed E-state index contributed by atoms with van der Waals surface area (Å²) in [7, 11) is 0. The highest BCUT2D eigenvalue weighted by atomic mass is 16.4. The van der Waals surface area contributed by atoms with Gasteiger partial charge in [0.15, 0.2) is 0 Å². The standard InChI is InChI=1S/C13H19N3O3/c14-5-6-15-12(17)8-16-10-4-2-1-3-9(10)7-11(16)13(18)19/h9-11H,1-4,6-8H2,(H,15,17)(H,18,19). The van der Waals surface area contributed by atoms with Gasteiger partial charge >= 0.3 is 5.97 Å². The van der Waals surface area contributed by atoms with Crippen molar-refractivity contribution in [1.29, 1.82) is 5.26 Å². The molecule has 1 aliphatic heterocycles. The number of carboxylic acid groups (broad SMARTS) is 1. The van der Waals surface area contributed by atoms with Crippen molar-refractivity contribution in [2.45, 2.75) is 44.2 Å². The molecule has 3 unspecified atom stereocenters. The lowest BCUT2D eigenvalue weighted by atomic mass is 9.85. The van der Waals surface area contributed by atoms with Gasteiger partial charge in [0.25, 0.3) is 0 Å². The van der Waals surface area contributed by atoms with E-state index in [0.717, 1.165) is 25.7 Å². The summed E-state index contributed by atoms with van der Waals surface area (Å²) < 4.78 is 0. The number of likely N-dealkylation sites (tertiary alicyclic amines) is 1. The lowest BCUT2D eigenvalue weighted by Gasteiger charge is -2.32. The summed E-state index contributed by atoms with van der Waals surface area (Å²) in [5, 5.41) is 20.2. The van der Waals surface area contributed by atoms with E-state index >= 15 is 0 Å². The highest BCUT2D eigenvalue weighted by Gasteiger charge is 2.45. The van der Waals surface area contributed by atoms with Crippen molar-refractivity contribution in [2.24, 2.45) is 5.92 Å². The zero-order valence-corrected chi connectivity index (χ0v) is 10.8. The molecule has 6 heteroatoms. The number of nitrogens with zero attached hydrogens (tertiary/aromatic N) is 2. The Morgan fingerprint density at radius 2 is 2.11 bits per heavy atom. The zero-order chi connectivity index (χ0) is 13.8. The van der Waals surface area contributed by atoms with Crippen molar-refractivity contribution in [3.63, 3.8) is 0 Å². The van der Waals surface area contributed by atoms with Crippen LogP contribution in [0.25, 0.3) is 0 Å². The van der Waals surface area contributed by atoms with Crippen molar-refractivity contribution >= 4 is 11.9 Å². The van der Waals surface area contributed by atoms with E-state index in [1.165, 1.54) is 0 Å². The molecule has 1 amide bonds. The molecular weight excluding hydrogens is 246 g/mol. The van der Waals surface area contributed by atoms with Gasteiger partial charge < -0.3 is 10.4 Å². The molecule has 2 aliphatic rings. The van der Waals surface area contributed by atoms with Gasteiger partial charge in [-0.05, 0) is 25.2 Å². The van der Waals surface area contributed by atoms with Crippen molar-refractivity contribution in [3.8, 4) is 6.07 Å². The number of hydrogen-bond donors (Lipinski definition) is 2. The molecule has 1 aliphatic carbocycles. The Balaban J connectivity index is 2.03. The van der Waals surface area contributed by atoms with E-state index in [-0.39, 0.29) is 25.0 Å². The van der Waals surface area contributed by atoms with Gasteiger partial charge in [-0.3, -0.25) is 14.5 Å². The number of carboxylic acids is 1. The van der Waals surface area contributed by atoms with E-state index in [1.807, 2.05) is 11.0 Å². The van der Waals surface area contributed by atoms with E-state index in [4.69, 9.17) is 5.26 Å². The number of carbonyl (C=O) groups excluding carboxylic acids is 1. The number of rotatable bonds is 4. The molecule has 3 atom stereocenters. The molecule has 1 heterocycles. The summed E-state index contributed by atoms with van der Waals surface area (Å²) in [5.74, 6) is -0.708. The lowest BCUT2D eigenvalue weighted by molar-refractivity contribution is -0.143. The quantitative estimate of drug-likeness (QED) is 0.715. The van der Waals surface area contributed by atoms with E-state index in [0.29, 0.717) is 12.3 Å². The fourth-order valence-electron chi connectivity index (χ4n) is 3.38. The Morgan fingerprint density at radius 1 is 1.37 bits per heavy atom. The summed E-state index contributed by atoms with van der Waals surface area (Å²) in [5.41, 5.74) is 0. The molecule has 0 aromatic heterocycles. The molecule has 0 aromatic carbocycles. The number of nitrogens with one attached hydrogen (secondary N) is 1. The average Bonchev–Trinajstić information content (AvgIpc) is 2.76. The van der Waals surface area contributed by atoms with Crippen LogP contribution in [-0.4, -0.2) is 47.1 Å². The zero-order valence-electron chi connectivity index (χ0n) is 10.8. The molecule has 104 valence electrons. The number of nitriles is 1. The maximum atomic E-state index is 11.7. The molecular formula is C13H19N3O3. The van der Waals surface area contributed by atoms with E-state index < -0.39 is 12.0 Å². The predicted molar refractivity (Wildman–Crippen MR) is 67.1 cm³/mol. The van der Waals surface area contributed by atoms with Crippen molar-refractivity contribution in [1.82, 2.24) is 10.2 Å². The lowest BCUT2D eigenvalue weighted by Crippen LogP contribution is -2.47. The largest absolute Gasteiger partial charge is 0.480 e. The van der Waals surface area contributed by atoms with Gasteiger partial charge in [-0.2, -0.15) is 5.26 Å². The molecule has 0 radical (unpaired) electrons. The first kappa shape index (κ1) is 13.8. The summed E-state index contributed by atoms with van der Waals surface area (Å²) in [6.45, 7) is 0.0539. The molecule has 0 aromatic rings. The first-order valence-electron chi connectivity index (χ1n) is 6.75. The average molecular weight is 265 g/mol. The van der Waals surface area contributed by atoms with Gasteiger partial charge in [-0.1, -0.05) is 12.8 Å². The van der Waals surface area contributed by atoms with Gasteiger partial charge in [0.05, 0.1) is 12.6 Å².